The molecule has 0 aromatic carbocycles. The smallest absolute Gasteiger partial charge is 0.225 e. The summed E-state index contributed by atoms with van der Waals surface area (Å²) in [6, 6.07) is 0. The summed E-state index contributed by atoms with van der Waals surface area (Å²) in [5.74, 6) is 1.30. The number of aryl methyl sites for hydroxylation is 1. The average Bonchev–Trinajstić information content (AvgIpc) is 3.51. The topological polar surface area (TPSA) is 116 Å². The Morgan fingerprint density at radius 1 is 1.00 bits per heavy atom. The van der Waals surface area contributed by atoms with Gasteiger partial charge in [-0.15, -0.1) is 5.10 Å². The number of fused-ring (bicyclic) bond motifs is 1. The molecule has 0 unspecified atom stereocenters. The molecule has 0 spiro atoms. The summed E-state index contributed by atoms with van der Waals surface area (Å²) in [6.45, 7) is 4.80. The highest BCUT2D eigenvalue weighted by Crippen LogP contribution is 2.27. The van der Waals surface area contributed by atoms with Gasteiger partial charge in [-0.2, -0.15) is 5.10 Å². The van der Waals surface area contributed by atoms with Crippen molar-refractivity contribution >= 4 is 17.2 Å². The van der Waals surface area contributed by atoms with Crippen molar-refractivity contribution < 1.29 is 4.74 Å². The lowest BCUT2D eigenvalue weighted by Crippen LogP contribution is -2.45. The zero-order valence-electron chi connectivity index (χ0n) is 20.0. The van der Waals surface area contributed by atoms with Crippen molar-refractivity contribution in [2.24, 2.45) is 7.05 Å². The molecule has 0 radical (unpaired) electrons. The highest BCUT2D eigenvalue weighted by molar-refractivity contribution is 5.69. The van der Waals surface area contributed by atoms with Crippen molar-refractivity contribution in [3.05, 3.63) is 36.5 Å². The van der Waals surface area contributed by atoms with Gasteiger partial charge in [0, 0.05) is 44.3 Å². The maximum atomic E-state index is 6.05. The van der Waals surface area contributed by atoms with Crippen LogP contribution in [0.3, 0.4) is 0 Å². The second-order valence-corrected chi connectivity index (χ2v) is 9.41. The van der Waals surface area contributed by atoms with Crippen LogP contribution in [0.25, 0.3) is 22.6 Å². The van der Waals surface area contributed by atoms with Gasteiger partial charge in [0.25, 0.3) is 0 Å². The summed E-state index contributed by atoms with van der Waals surface area (Å²) >= 11 is 0. The molecule has 2 fully saturated rings. The van der Waals surface area contributed by atoms with Crippen LogP contribution in [0.1, 0.15) is 24.3 Å². The average molecular weight is 476 g/mol. The zero-order valence-corrected chi connectivity index (χ0v) is 20.0. The number of nitrogens with zero attached hydrogens (tertiary/aromatic N) is 11. The Bertz CT molecular complexity index is 1290. The summed E-state index contributed by atoms with van der Waals surface area (Å²) in [5, 5.41) is 12.7. The molecule has 2 aliphatic rings. The zero-order chi connectivity index (χ0) is 23.8. The molecule has 35 heavy (non-hydrogen) atoms. The van der Waals surface area contributed by atoms with E-state index in [1.165, 1.54) is 5.56 Å². The minimum absolute atomic E-state index is 0.0883. The number of ether oxygens (including phenoxy) is 1. The van der Waals surface area contributed by atoms with Crippen molar-refractivity contribution in [3.63, 3.8) is 0 Å². The number of likely N-dealkylation sites (tertiary alicyclic amines) is 1. The first-order chi connectivity index (χ1) is 17.1. The fraction of sp³-hybridized carbons (Fsp3) is 0.522. The predicted octanol–water partition coefficient (Wildman–Crippen LogP) is 1.13. The Morgan fingerprint density at radius 2 is 1.83 bits per heavy atom. The second kappa shape index (κ2) is 9.27. The minimum atomic E-state index is -0.0883. The number of hydrogen-bond acceptors (Lipinski definition) is 10. The highest BCUT2D eigenvalue weighted by Gasteiger charge is 2.25. The van der Waals surface area contributed by atoms with E-state index < -0.39 is 0 Å². The Kier molecular flexibility index (Phi) is 5.82. The van der Waals surface area contributed by atoms with Gasteiger partial charge < -0.3 is 14.5 Å². The van der Waals surface area contributed by atoms with Crippen LogP contribution < -0.4 is 4.90 Å². The fourth-order valence-corrected chi connectivity index (χ4v) is 4.82. The molecule has 12 heteroatoms. The maximum Gasteiger partial charge on any atom is 0.225 e. The molecule has 0 bridgehead atoms. The molecule has 0 saturated carbocycles. The third-order valence-electron chi connectivity index (χ3n) is 6.87. The molecular weight excluding hydrogens is 446 g/mol. The minimum Gasteiger partial charge on any atom is -0.373 e. The standard InChI is InChI=1S/C23H29N11O/c1-31-5-3-16(4-6-31)17-9-25-23(26-10-17)33-7-8-35-19(14-33)15-34-22-21(29-30-34)24-12-20(28-22)18-11-27-32(2)13-18/h9-13,16,19H,3-8,14-15H2,1-2H3/t19-/m1/s1. The first kappa shape index (κ1) is 22.0. The molecule has 182 valence electrons. The van der Waals surface area contributed by atoms with Gasteiger partial charge in [0.15, 0.2) is 5.65 Å². The number of aromatic nitrogens is 9. The molecule has 6 heterocycles. The van der Waals surface area contributed by atoms with E-state index >= 15 is 0 Å². The summed E-state index contributed by atoms with van der Waals surface area (Å²) in [4.78, 5) is 23.1. The van der Waals surface area contributed by atoms with Gasteiger partial charge in [-0.25, -0.2) is 24.6 Å². The molecule has 6 rings (SSSR count). The first-order valence-electron chi connectivity index (χ1n) is 12.0. The van der Waals surface area contributed by atoms with Gasteiger partial charge in [-0.1, -0.05) is 5.21 Å². The van der Waals surface area contributed by atoms with Gasteiger partial charge in [-0.05, 0) is 44.5 Å². The molecular formula is C23H29N11O. The van der Waals surface area contributed by atoms with Crippen molar-refractivity contribution in [1.82, 2.24) is 49.6 Å². The third kappa shape index (κ3) is 4.58. The summed E-state index contributed by atoms with van der Waals surface area (Å²) in [5.41, 5.74) is 4.02. The number of rotatable bonds is 5. The van der Waals surface area contributed by atoms with Gasteiger partial charge >= 0.3 is 0 Å². The molecule has 12 nitrogen and oxygen atoms in total. The van der Waals surface area contributed by atoms with Crippen molar-refractivity contribution in [3.8, 4) is 11.3 Å². The molecule has 2 aliphatic heterocycles. The summed E-state index contributed by atoms with van der Waals surface area (Å²) in [7, 11) is 4.05. The molecule has 1 atom stereocenters. The number of hydrogen-bond donors (Lipinski definition) is 0. The molecule has 4 aromatic rings. The Labute approximate surface area is 203 Å². The normalized spacial score (nSPS) is 20.1. The van der Waals surface area contributed by atoms with Crippen LogP contribution in [-0.4, -0.2) is 95.5 Å². The van der Waals surface area contributed by atoms with E-state index in [-0.39, 0.29) is 6.10 Å². The largest absolute Gasteiger partial charge is 0.373 e. The van der Waals surface area contributed by atoms with E-state index in [4.69, 9.17) is 19.7 Å². The first-order valence-corrected chi connectivity index (χ1v) is 12.0. The van der Waals surface area contributed by atoms with Gasteiger partial charge in [0.1, 0.15) is 0 Å². The number of morpholine rings is 1. The molecule has 0 aliphatic carbocycles. The monoisotopic (exact) mass is 475 g/mol. The lowest BCUT2D eigenvalue weighted by Gasteiger charge is -2.33. The van der Waals surface area contributed by atoms with Crippen LogP contribution in [0.2, 0.25) is 0 Å². The molecule has 2 saturated heterocycles. The van der Waals surface area contributed by atoms with E-state index in [1.807, 2.05) is 25.6 Å². The molecule has 4 aromatic heterocycles. The van der Waals surface area contributed by atoms with Crippen molar-refractivity contribution in [2.45, 2.75) is 31.4 Å². The summed E-state index contributed by atoms with van der Waals surface area (Å²) < 4.78 is 9.55. The van der Waals surface area contributed by atoms with Crippen LogP contribution in [0.4, 0.5) is 5.95 Å². The van der Waals surface area contributed by atoms with Gasteiger partial charge in [-0.3, -0.25) is 4.68 Å². The Hall–Kier alpha value is -3.51. The number of anilines is 1. The second-order valence-electron chi connectivity index (χ2n) is 9.41. The Morgan fingerprint density at radius 3 is 2.60 bits per heavy atom. The summed E-state index contributed by atoms with van der Waals surface area (Å²) in [6.07, 6.45) is 11.6. The highest BCUT2D eigenvalue weighted by atomic mass is 16.5. The van der Waals surface area contributed by atoms with Gasteiger partial charge in [0.2, 0.25) is 11.6 Å². The van der Waals surface area contributed by atoms with E-state index in [1.54, 1.807) is 21.8 Å². The Balaban J connectivity index is 1.15. The van der Waals surface area contributed by atoms with E-state index in [0.717, 1.165) is 49.7 Å². The maximum absolute atomic E-state index is 6.05. The SMILES string of the molecule is CN1CCC(c2cnc(N3CCO[C@@H](Cn4nnc5ncc(-c6cnn(C)c6)nc54)C3)nc2)CC1. The van der Waals surface area contributed by atoms with Crippen LogP contribution in [0.15, 0.2) is 31.0 Å². The lowest BCUT2D eigenvalue weighted by molar-refractivity contribution is 0.0272. The van der Waals surface area contributed by atoms with Crippen LogP contribution in [0, 0.1) is 0 Å². The van der Waals surface area contributed by atoms with E-state index in [2.05, 4.69) is 37.2 Å². The van der Waals surface area contributed by atoms with E-state index in [0.29, 0.717) is 36.9 Å². The van der Waals surface area contributed by atoms with Crippen LogP contribution in [-0.2, 0) is 18.3 Å². The van der Waals surface area contributed by atoms with E-state index in [9.17, 15) is 0 Å². The van der Waals surface area contributed by atoms with Crippen LogP contribution in [0.5, 0.6) is 0 Å². The lowest BCUT2D eigenvalue weighted by atomic mass is 9.92. The molecule has 0 amide bonds. The number of piperidine rings is 1. The molecule has 0 N–H and O–H groups in total. The predicted molar refractivity (Wildman–Crippen MR) is 129 cm³/mol. The van der Waals surface area contributed by atoms with Crippen LogP contribution >= 0.6 is 0 Å². The van der Waals surface area contributed by atoms with Crippen molar-refractivity contribution in [2.75, 3.05) is 44.7 Å². The van der Waals surface area contributed by atoms with Gasteiger partial charge in [0.05, 0.1) is 37.3 Å². The quantitative estimate of drug-likeness (QED) is 0.416. The van der Waals surface area contributed by atoms with Crippen molar-refractivity contribution in [1.29, 1.82) is 0 Å². The third-order valence-corrected chi connectivity index (χ3v) is 6.87. The fourth-order valence-electron chi connectivity index (χ4n) is 4.82.